The number of nitriles is 1. The zero-order valence-electron chi connectivity index (χ0n) is 16.4. The van der Waals surface area contributed by atoms with Gasteiger partial charge in [0.2, 0.25) is 0 Å². The highest BCUT2D eigenvalue weighted by atomic mass is 19.1. The fourth-order valence-corrected chi connectivity index (χ4v) is 5.69. The largest absolute Gasteiger partial charge is 0.205 e. The van der Waals surface area contributed by atoms with Crippen LogP contribution in [0, 0.1) is 34.9 Å². The first kappa shape index (κ1) is 18.5. The maximum absolute atomic E-state index is 14.4. The normalized spacial score (nSPS) is 27.9. The maximum atomic E-state index is 14.4. The van der Waals surface area contributed by atoms with Gasteiger partial charge in [-0.3, -0.25) is 0 Å². The van der Waals surface area contributed by atoms with Crippen molar-refractivity contribution in [1.82, 2.24) is 0 Å². The van der Waals surface area contributed by atoms with Crippen molar-refractivity contribution in [2.45, 2.75) is 70.6 Å². The first-order valence-corrected chi connectivity index (χ1v) is 10.8. The van der Waals surface area contributed by atoms with Crippen LogP contribution in [0.5, 0.6) is 0 Å². The van der Waals surface area contributed by atoms with Gasteiger partial charge < -0.3 is 0 Å². The second kappa shape index (κ2) is 8.01. The van der Waals surface area contributed by atoms with E-state index in [1.54, 1.807) is 6.07 Å². The van der Waals surface area contributed by atoms with Crippen LogP contribution in [-0.4, -0.2) is 0 Å². The number of hydrogen-bond donors (Lipinski definition) is 0. The highest BCUT2D eigenvalue weighted by Gasteiger charge is 2.35. The molecule has 27 heavy (non-hydrogen) atoms. The van der Waals surface area contributed by atoms with E-state index >= 15 is 0 Å². The Kier molecular flexibility index (Phi) is 5.48. The summed E-state index contributed by atoms with van der Waals surface area (Å²) in [5.41, 5.74) is 1.49. The van der Waals surface area contributed by atoms with Crippen molar-refractivity contribution < 1.29 is 4.39 Å². The van der Waals surface area contributed by atoms with E-state index in [9.17, 15) is 4.39 Å². The van der Waals surface area contributed by atoms with Crippen molar-refractivity contribution in [3.63, 3.8) is 0 Å². The molecule has 2 heteroatoms. The van der Waals surface area contributed by atoms with E-state index in [2.05, 4.69) is 19.1 Å². The van der Waals surface area contributed by atoms with Crippen molar-refractivity contribution in [2.75, 3.05) is 0 Å². The van der Waals surface area contributed by atoms with Crippen LogP contribution >= 0.6 is 0 Å². The van der Waals surface area contributed by atoms with E-state index in [0.29, 0.717) is 11.3 Å². The van der Waals surface area contributed by atoms with Gasteiger partial charge in [-0.15, -0.1) is 0 Å². The second-order valence-electron chi connectivity index (χ2n) is 8.87. The second-order valence-corrected chi connectivity index (χ2v) is 8.87. The van der Waals surface area contributed by atoms with Crippen LogP contribution in [0.25, 0.3) is 10.8 Å². The van der Waals surface area contributed by atoms with Gasteiger partial charge in [0, 0.05) is 5.39 Å². The standard InChI is InChI=1S/C25H30FN/c1-2-3-4-17-5-6-19-14-20(8-7-18(19)13-17)21-11-12-24-22(15-21)9-10-23(16-27)25(24)26/h9-12,15,17-20H,2-8,13-14H2,1H3. The topological polar surface area (TPSA) is 23.8 Å². The Morgan fingerprint density at radius 1 is 1.04 bits per heavy atom. The smallest absolute Gasteiger partial charge is 0.148 e. The van der Waals surface area contributed by atoms with Crippen LogP contribution < -0.4 is 0 Å². The lowest BCUT2D eigenvalue weighted by atomic mass is 9.63. The van der Waals surface area contributed by atoms with Gasteiger partial charge in [-0.2, -0.15) is 5.26 Å². The molecule has 0 amide bonds. The number of benzene rings is 2. The highest BCUT2D eigenvalue weighted by Crippen LogP contribution is 2.48. The number of fused-ring (bicyclic) bond motifs is 2. The molecule has 0 bridgehead atoms. The molecule has 0 heterocycles. The molecule has 0 aliphatic heterocycles. The van der Waals surface area contributed by atoms with E-state index in [-0.39, 0.29) is 11.4 Å². The van der Waals surface area contributed by atoms with Crippen LogP contribution in [0.2, 0.25) is 0 Å². The lowest BCUT2D eigenvalue weighted by Crippen LogP contribution is -2.30. The van der Waals surface area contributed by atoms with Crippen LogP contribution in [0.15, 0.2) is 30.3 Å². The van der Waals surface area contributed by atoms with E-state index in [0.717, 1.165) is 23.1 Å². The van der Waals surface area contributed by atoms with Gasteiger partial charge in [-0.05, 0) is 72.8 Å². The van der Waals surface area contributed by atoms with Crippen molar-refractivity contribution in [3.8, 4) is 6.07 Å². The first-order valence-electron chi connectivity index (χ1n) is 10.8. The fourth-order valence-electron chi connectivity index (χ4n) is 5.69. The Bertz CT molecular complexity index is 849. The predicted molar refractivity (Wildman–Crippen MR) is 109 cm³/mol. The van der Waals surface area contributed by atoms with Gasteiger partial charge >= 0.3 is 0 Å². The average molecular weight is 364 g/mol. The Hall–Kier alpha value is -1.88. The van der Waals surface area contributed by atoms with E-state index in [1.807, 2.05) is 18.2 Å². The van der Waals surface area contributed by atoms with E-state index < -0.39 is 0 Å². The Morgan fingerprint density at radius 3 is 2.67 bits per heavy atom. The summed E-state index contributed by atoms with van der Waals surface area (Å²) in [6.45, 7) is 2.30. The number of halogens is 1. The summed E-state index contributed by atoms with van der Waals surface area (Å²) in [7, 11) is 0. The Labute approximate surface area is 162 Å². The summed E-state index contributed by atoms with van der Waals surface area (Å²) in [6.07, 6.45) is 12.4. The quantitative estimate of drug-likeness (QED) is 0.557. The minimum Gasteiger partial charge on any atom is -0.205 e. The number of unbranched alkanes of at least 4 members (excludes halogenated alkanes) is 1. The molecule has 4 rings (SSSR count). The Morgan fingerprint density at radius 2 is 1.85 bits per heavy atom. The number of rotatable bonds is 4. The van der Waals surface area contributed by atoms with E-state index in [4.69, 9.17) is 5.26 Å². The number of nitrogens with zero attached hydrogens (tertiary/aromatic N) is 1. The van der Waals surface area contributed by atoms with Gasteiger partial charge in [0.15, 0.2) is 0 Å². The molecule has 4 unspecified atom stereocenters. The lowest BCUT2D eigenvalue weighted by molar-refractivity contribution is 0.113. The third-order valence-corrected chi connectivity index (χ3v) is 7.26. The summed E-state index contributed by atoms with van der Waals surface area (Å²) in [4.78, 5) is 0. The molecule has 2 fully saturated rings. The monoisotopic (exact) mass is 363 g/mol. The summed E-state index contributed by atoms with van der Waals surface area (Å²) in [5, 5.41) is 10.5. The van der Waals surface area contributed by atoms with Gasteiger partial charge in [0.1, 0.15) is 11.9 Å². The molecule has 0 N–H and O–H groups in total. The van der Waals surface area contributed by atoms with Crippen LogP contribution in [0.4, 0.5) is 4.39 Å². The summed E-state index contributed by atoms with van der Waals surface area (Å²) in [6, 6.07) is 11.6. The zero-order valence-corrected chi connectivity index (χ0v) is 16.4. The zero-order chi connectivity index (χ0) is 18.8. The maximum Gasteiger partial charge on any atom is 0.148 e. The average Bonchev–Trinajstić information content (AvgIpc) is 2.71. The van der Waals surface area contributed by atoms with Crippen molar-refractivity contribution in [2.24, 2.45) is 17.8 Å². The Balaban J connectivity index is 1.47. The molecule has 0 radical (unpaired) electrons. The van der Waals surface area contributed by atoms with E-state index in [1.165, 1.54) is 63.4 Å². The van der Waals surface area contributed by atoms with Gasteiger partial charge in [0.25, 0.3) is 0 Å². The SMILES string of the molecule is CCCCC1CCC2CC(c3ccc4c(F)c(C#N)ccc4c3)CCC2C1. The van der Waals surface area contributed by atoms with Gasteiger partial charge in [-0.25, -0.2) is 4.39 Å². The third-order valence-electron chi connectivity index (χ3n) is 7.26. The molecule has 2 aliphatic rings. The summed E-state index contributed by atoms with van der Waals surface area (Å²) < 4.78 is 14.4. The molecule has 0 saturated heterocycles. The fraction of sp³-hybridized carbons (Fsp3) is 0.560. The molecule has 2 saturated carbocycles. The molecule has 1 nitrogen and oxygen atoms in total. The third kappa shape index (κ3) is 3.75. The van der Waals surface area contributed by atoms with Crippen molar-refractivity contribution in [1.29, 1.82) is 5.26 Å². The van der Waals surface area contributed by atoms with Crippen LogP contribution in [0.3, 0.4) is 0 Å². The molecule has 2 aliphatic carbocycles. The summed E-state index contributed by atoms with van der Waals surface area (Å²) >= 11 is 0. The predicted octanol–water partition coefficient (Wildman–Crippen LogP) is 7.34. The highest BCUT2D eigenvalue weighted by molar-refractivity contribution is 5.85. The minimum atomic E-state index is -0.379. The van der Waals surface area contributed by atoms with Gasteiger partial charge in [-0.1, -0.05) is 56.9 Å². The molecule has 0 spiro atoms. The van der Waals surface area contributed by atoms with Crippen LogP contribution in [-0.2, 0) is 0 Å². The molecular weight excluding hydrogens is 333 g/mol. The van der Waals surface area contributed by atoms with Gasteiger partial charge in [0.05, 0.1) is 5.56 Å². The summed E-state index contributed by atoms with van der Waals surface area (Å²) in [5.74, 6) is 3.03. The van der Waals surface area contributed by atoms with Crippen molar-refractivity contribution in [3.05, 3.63) is 47.3 Å². The minimum absolute atomic E-state index is 0.135. The molecule has 0 aromatic heterocycles. The molecule has 2 aromatic rings. The van der Waals surface area contributed by atoms with Crippen molar-refractivity contribution >= 4 is 10.8 Å². The molecule has 2 aromatic carbocycles. The first-order chi connectivity index (χ1) is 13.2. The molecule has 4 atom stereocenters. The lowest BCUT2D eigenvalue weighted by Gasteiger charge is -2.42. The molecule has 142 valence electrons. The van der Waals surface area contributed by atoms with Crippen LogP contribution in [0.1, 0.15) is 81.8 Å². The number of hydrogen-bond acceptors (Lipinski definition) is 1. The molecular formula is C25H30FN.